The molecule has 110 valence electrons. The van der Waals surface area contributed by atoms with Crippen molar-refractivity contribution < 1.29 is 9.66 Å². The van der Waals surface area contributed by atoms with Crippen molar-refractivity contribution in [3.05, 3.63) is 69.8 Å². The fourth-order valence-electron chi connectivity index (χ4n) is 2.24. The second-order valence-corrected chi connectivity index (χ2v) is 4.73. The van der Waals surface area contributed by atoms with Crippen LogP contribution in [0.3, 0.4) is 0 Å². The molecule has 2 rings (SSSR count). The smallest absolute Gasteiger partial charge is 0.273 e. The maximum Gasteiger partial charge on any atom is 0.273 e. The molecule has 5 heteroatoms. The molecular formula is C16H18N2O3. The predicted octanol–water partition coefficient (Wildman–Crippen LogP) is 3.45. The number of rotatable bonds is 6. The highest BCUT2D eigenvalue weighted by Gasteiger charge is 2.15. The molecule has 0 saturated carbocycles. The molecule has 0 bridgehead atoms. The van der Waals surface area contributed by atoms with Crippen LogP contribution in [0.2, 0.25) is 0 Å². The Morgan fingerprint density at radius 3 is 2.57 bits per heavy atom. The third-order valence-corrected chi connectivity index (χ3v) is 3.39. The summed E-state index contributed by atoms with van der Waals surface area (Å²) in [6, 6.07) is 14.5. The van der Waals surface area contributed by atoms with Gasteiger partial charge in [-0.05, 0) is 13.0 Å². The first kappa shape index (κ1) is 15.0. The van der Waals surface area contributed by atoms with Gasteiger partial charge in [0.15, 0.2) is 0 Å². The molecular weight excluding hydrogens is 268 g/mol. The number of hydrogen-bond donors (Lipinski definition) is 1. The van der Waals surface area contributed by atoms with E-state index in [9.17, 15) is 10.1 Å². The van der Waals surface area contributed by atoms with Crippen molar-refractivity contribution in [3.63, 3.8) is 0 Å². The molecule has 0 unspecified atom stereocenters. The number of benzene rings is 2. The third kappa shape index (κ3) is 3.58. The molecule has 2 aromatic carbocycles. The first-order valence-electron chi connectivity index (χ1n) is 6.72. The molecule has 0 fully saturated rings. The molecule has 2 aromatic rings. The van der Waals surface area contributed by atoms with Crippen molar-refractivity contribution in [3.8, 4) is 5.75 Å². The molecule has 0 aromatic heterocycles. The van der Waals surface area contributed by atoms with E-state index in [0.717, 1.165) is 11.3 Å². The number of nitro benzene ring substituents is 1. The van der Waals surface area contributed by atoms with Gasteiger partial charge in [0.2, 0.25) is 0 Å². The molecule has 21 heavy (non-hydrogen) atoms. The van der Waals surface area contributed by atoms with E-state index in [1.54, 1.807) is 25.3 Å². The van der Waals surface area contributed by atoms with Crippen LogP contribution in [0.4, 0.5) is 5.69 Å². The fraction of sp³-hybridized carbons (Fsp3) is 0.250. The highest BCUT2D eigenvalue weighted by molar-refractivity contribution is 5.40. The van der Waals surface area contributed by atoms with E-state index < -0.39 is 0 Å². The molecule has 0 aliphatic rings. The lowest BCUT2D eigenvalue weighted by Gasteiger charge is -2.17. The van der Waals surface area contributed by atoms with Crippen molar-refractivity contribution in [1.29, 1.82) is 0 Å². The van der Waals surface area contributed by atoms with Crippen LogP contribution >= 0.6 is 0 Å². The minimum absolute atomic E-state index is 0.0287. The van der Waals surface area contributed by atoms with E-state index >= 15 is 0 Å². The van der Waals surface area contributed by atoms with Crippen molar-refractivity contribution >= 4 is 5.69 Å². The number of nitro groups is 1. The Kier molecular flexibility index (Phi) is 4.90. The summed E-state index contributed by atoms with van der Waals surface area (Å²) in [6.45, 7) is 2.43. The normalized spacial score (nSPS) is 11.9. The highest BCUT2D eigenvalue weighted by atomic mass is 16.6. The van der Waals surface area contributed by atoms with Crippen LogP contribution in [0.15, 0.2) is 48.5 Å². The van der Waals surface area contributed by atoms with Crippen LogP contribution in [-0.2, 0) is 6.54 Å². The largest absolute Gasteiger partial charge is 0.496 e. The van der Waals surface area contributed by atoms with Gasteiger partial charge in [-0.15, -0.1) is 0 Å². The summed E-state index contributed by atoms with van der Waals surface area (Å²) in [7, 11) is 1.63. The topological polar surface area (TPSA) is 64.4 Å². The zero-order chi connectivity index (χ0) is 15.2. The summed E-state index contributed by atoms with van der Waals surface area (Å²) in [6.07, 6.45) is 0. The zero-order valence-electron chi connectivity index (χ0n) is 12.1. The second-order valence-electron chi connectivity index (χ2n) is 4.73. The summed E-state index contributed by atoms with van der Waals surface area (Å²) in [5.41, 5.74) is 1.83. The van der Waals surface area contributed by atoms with E-state index in [4.69, 9.17) is 4.74 Å². The van der Waals surface area contributed by atoms with Crippen LogP contribution in [0.1, 0.15) is 24.1 Å². The van der Waals surface area contributed by atoms with Gasteiger partial charge in [0, 0.05) is 29.8 Å². The average molecular weight is 286 g/mol. The van der Waals surface area contributed by atoms with Crippen LogP contribution in [0.25, 0.3) is 0 Å². The summed E-state index contributed by atoms with van der Waals surface area (Å²) in [4.78, 5) is 10.6. The SMILES string of the molecule is COc1ccccc1[C@@H](C)NCc1ccccc1[N+](=O)[O-]. The Labute approximate surface area is 123 Å². The average Bonchev–Trinajstić information content (AvgIpc) is 2.52. The van der Waals surface area contributed by atoms with E-state index in [2.05, 4.69) is 5.32 Å². The van der Waals surface area contributed by atoms with E-state index in [0.29, 0.717) is 12.1 Å². The quantitative estimate of drug-likeness (QED) is 0.652. The number of methoxy groups -OCH3 is 1. The lowest BCUT2D eigenvalue weighted by atomic mass is 10.1. The summed E-state index contributed by atoms with van der Waals surface area (Å²) in [5.74, 6) is 0.806. The van der Waals surface area contributed by atoms with E-state index in [1.807, 2.05) is 31.2 Å². The Morgan fingerprint density at radius 1 is 1.19 bits per heavy atom. The summed E-state index contributed by atoms with van der Waals surface area (Å²) >= 11 is 0. The van der Waals surface area contributed by atoms with Gasteiger partial charge in [-0.2, -0.15) is 0 Å². The monoisotopic (exact) mass is 286 g/mol. The minimum Gasteiger partial charge on any atom is -0.496 e. The van der Waals surface area contributed by atoms with Gasteiger partial charge in [0.05, 0.1) is 12.0 Å². The van der Waals surface area contributed by atoms with Gasteiger partial charge in [-0.3, -0.25) is 10.1 Å². The lowest BCUT2D eigenvalue weighted by Crippen LogP contribution is -2.19. The van der Waals surface area contributed by atoms with Crippen LogP contribution < -0.4 is 10.1 Å². The molecule has 0 spiro atoms. The molecule has 0 radical (unpaired) electrons. The number of ether oxygens (including phenoxy) is 1. The molecule has 0 aliphatic heterocycles. The standard InChI is InChI=1S/C16H18N2O3/c1-12(14-8-4-6-10-16(14)21-2)17-11-13-7-3-5-9-15(13)18(19)20/h3-10,12,17H,11H2,1-2H3/t12-/m1/s1. The maximum atomic E-state index is 11.0. The fourth-order valence-corrected chi connectivity index (χ4v) is 2.24. The Bertz CT molecular complexity index is 628. The number of para-hydroxylation sites is 2. The van der Waals surface area contributed by atoms with Gasteiger partial charge in [0.1, 0.15) is 5.75 Å². The van der Waals surface area contributed by atoms with Crippen molar-refractivity contribution in [2.75, 3.05) is 7.11 Å². The van der Waals surface area contributed by atoms with Gasteiger partial charge in [-0.1, -0.05) is 36.4 Å². The Morgan fingerprint density at radius 2 is 1.86 bits per heavy atom. The molecule has 0 aliphatic carbocycles. The van der Waals surface area contributed by atoms with Gasteiger partial charge < -0.3 is 10.1 Å². The van der Waals surface area contributed by atoms with Gasteiger partial charge >= 0.3 is 0 Å². The first-order valence-corrected chi connectivity index (χ1v) is 6.72. The molecule has 5 nitrogen and oxygen atoms in total. The molecule has 0 saturated heterocycles. The van der Waals surface area contributed by atoms with Crippen LogP contribution in [0, 0.1) is 10.1 Å². The van der Waals surface area contributed by atoms with Gasteiger partial charge in [0.25, 0.3) is 5.69 Å². The predicted molar refractivity (Wildman–Crippen MR) is 81.3 cm³/mol. The molecule has 1 N–H and O–H groups in total. The zero-order valence-corrected chi connectivity index (χ0v) is 12.1. The summed E-state index contributed by atoms with van der Waals surface area (Å²) < 4.78 is 5.33. The maximum absolute atomic E-state index is 11.0. The molecule has 0 heterocycles. The number of nitrogens with one attached hydrogen (secondary N) is 1. The Balaban J connectivity index is 2.11. The summed E-state index contributed by atoms with van der Waals surface area (Å²) in [5, 5.41) is 14.3. The minimum atomic E-state index is -0.356. The van der Waals surface area contributed by atoms with Crippen molar-refractivity contribution in [2.24, 2.45) is 0 Å². The van der Waals surface area contributed by atoms with Crippen LogP contribution in [-0.4, -0.2) is 12.0 Å². The first-order chi connectivity index (χ1) is 10.1. The second kappa shape index (κ2) is 6.85. The molecule has 1 atom stereocenters. The van der Waals surface area contributed by atoms with Crippen molar-refractivity contribution in [1.82, 2.24) is 5.32 Å². The van der Waals surface area contributed by atoms with E-state index in [1.165, 1.54) is 6.07 Å². The number of hydrogen-bond acceptors (Lipinski definition) is 4. The Hall–Kier alpha value is -2.40. The molecule has 0 amide bonds. The van der Waals surface area contributed by atoms with Crippen molar-refractivity contribution in [2.45, 2.75) is 19.5 Å². The lowest BCUT2D eigenvalue weighted by molar-refractivity contribution is -0.385. The highest BCUT2D eigenvalue weighted by Crippen LogP contribution is 2.25. The van der Waals surface area contributed by atoms with Gasteiger partial charge in [-0.25, -0.2) is 0 Å². The number of nitrogens with zero attached hydrogens (tertiary/aromatic N) is 1. The van der Waals surface area contributed by atoms with Crippen LogP contribution in [0.5, 0.6) is 5.75 Å². The third-order valence-electron chi connectivity index (χ3n) is 3.39. The van der Waals surface area contributed by atoms with E-state index in [-0.39, 0.29) is 16.7 Å².